The van der Waals surface area contributed by atoms with Crippen molar-refractivity contribution in [1.82, 2.24) is 10.2 Å². The van der Waals surface area contributed by atoms with Crippen LogP contribution in [-0.2, 0) is 16.1 Å². The van der Waals surface area contributed by atoms with Crippen LogP contribution >= 0.6 is 15.9 Å². The Morgan fingerprint density at radius 1 is 1.12 bits per heavy atom. The number of amides is 2. The first-order valence-electron chi connectivity index (χ1n) is 11.4. The maximum absolute atomic E-state index is 13.3. The van der Waals surface area contributed by atoms with Gasteiger partial charge in [0.1, 0.15) is 17.5 Å². The number of carbonyl (C=O) groups excluding carboxylic acids is 2. The zero-order valence-electron chi connectivity index (χ0n) is 20.2. The molecule has 0 aliphatic carbocycles. The maximum Gasteiger partial charge on any atom is 0.261 e. The van der Waals surface area contributed by atoms with E-state index in [4.69, 9.17) is 9.47 Å². The van der Waals surface area contributed by atoms with Crippen LogP contribution in [0.1, 0.15) is 57.6 Å². The molecule has 1 atom stereocenters. The van der Waals surface area contributed by atoms with Crippen molar-refractivity contribution in [3.8, 4) is 11.5 Å². The summed E-state index contributed by atoms with van der Waals surface area (Å²) in [7, 11) is 1.60. The fourth-order valence-corrected chi connectivity index (χ4v) is 3.98. The van der Waals surface area contributed by atoms with Crippen molar-refractivity contribution in [3.63, 3.8) is 0 Å². The highest BCUT2D eigenvalue weighted by Gasteiger charge is 2.29. The van der Waals surface area contributed by atoms with Crippen LogP contribution in [0.25, 0.3) is 0 Å². The van der Waals surface area contributed by atoms with Gasteiger partial charge < -0.3 is 19.7 Å². The highest BCUT2D eigenvalue weighted by atomic mass is 79.9. The van der Waals surface area contributed by atoms with E-state index in [1.807, 2.05) is 56.3 Å². The fourth-order valence-electron chi connectivity index (χ4n) is 3.47. The molecule has 2 amide bonds. The number of hydrogen-bond acceptors (Lipinski definition) is 4. The van der Waals surface area contributed by atoms with Gasteiger partial charge >= 0.3 is 0 Å². The van der Waals surface area contributed by atoms with E-state index in [0.717, 1.165) is 16.5 Å². The minimum absolute atomic E-state index is 0.155. The van der Waals surface area contributed by atoms with Gasteiger partial charge in [0, 0.05) is 13.1 Å². The van der Waals surface area contributed by atoms with Gasteiger partial charge in [-0.1, -0.05) is 45.9 Å². The molecule has 0 aromatic heterocycles. The van der Waals surface area contributed by atoms with Gasteiger partial charge in [-0.3, -0.25) is 9.59 Å². The summed E-state index contributed by atoms with van der Waals surface area (Å²) in [6, 6.07) is 12.8. The van der Waals surface area contributed by atoms with Crippen molar-refractivity contribution >= 4 is 27.7 Å². The van der Waals surface area contributed by atoms with Crippen LogP contribution in [0.4, 0.5) is 0 Å². The van der Waals surface area contributed by atoms with Gasteiger partial charge in [-0.25, -0.2) is 0 Å². The molecule has 0 spiro atoms. The van der Waals surface area contributed by atoms with E-state index < -0.39 is 6.04 Å². The van der Waals surface area contributed by atoms with Crippen LogP contribution in [0.2, 0.25) is 0 Å². The van der Waals surface area contributed by atoms with Gasteiger partial charge in [0.25, 0.3) is 5.91 Å². The highest BCUT2D eigenvalue weighted by Crippen LogP contribution is 2.29. The Labute approximate surface area is 205 Å². The summed E-state index contributed by atoms with van der Waals surface area (Å²) in [6.07, 6.45) is 1.33. The molecule has 0 bridgehead atoms. The maximum atomic E-state index is 13.3. The Bertz CT molecular complexity index is 932. The molecule has 2 aromatic rings. The molecule has 1 unspecified atom stereocenters. The number of hydrogen-bond donors (Lipinski definition) is 1. The van der Waals surface area contributed by atoms with Crippen LogP contribution in [0.15, 0.2) is 46.9 Å². The minimum atomic E-state index is -0.592. The van der Waals surface area contributed by atoms with Crippen LogP contribution in [-0.4, -0.2) is 43.0 Å². The third-order valence-electron chi connectivity index (χ3n) is 5.40. The predicted molar refractivity (Wildman–Crippen MR) is 135 cm³/mol. The lowest BCUT2D eigenvalue weighted by molar-refractivity contribution is -0.143. The van der Waals surface area contributed by atoms with Gasteiger partial charge in [-0.05, 0) is 70.1 Å². The Morgan fingerprint density at radius 3 is 2.48 bits per heavy atom. The van der Waals surface area contributed by atoms with E-state index in [1.54, 1.807) is 12.0 Å². The SMILES string of the molecule is CCCNC(=O)C(CC)N(Cc1cccc(OC)c1)C(=O)COc1ccc(C(C)C)cc1Br. The molecule has 0 aliphatic rings. The summed E-state index contributed by atoms with van der Waals surface area (Å²) in [5.74, 6) is 1.28. The number of methoxy groups -OCH3 is 1. The molecular weight excluding hydrogens is 484 g/mol. The molecule has 1 N–H and O–H groups in total. The zero-order valence-corrected chi connectivity index (χ0v) is 21.8. The summed E-state index contributed by atoms with van der Waals surface area (Å²) < 4.78 is 12.0. The Balaban J connectivity index is 2.23. The van der Waals surface area contributed by atoms with Crippen LogP contribution in [0.3, 0.4) is 0 Å². The molecule has 0 fully saturated rings. The van der Waals surface area contributed by atoms with Crippen LogP contribution in [0, 0.1) is 0 Å². The molecule has 180 valence electrons. The average molecular weight is 519 g/mol. The van der Waals surface area contributed by atoms with Gasteiger partial charge in [0.05, 0.1) is 11.6 Å². The predicted octanol–water partition coefficient (Wildman–Crippen LogP) is 5.29. The molecule has 0 saturated heterocycles. The van der Waals surface area contributed by atoms with Crippen molar-refractivity contribution in [3.05, 3.63) is 58.1 Å². The second kappa shape index (κ2) is 13.2. The van der Waals surface area contributed by atoms with Crippen molar-refractivity contribution in [2.45, 2.75) is 59.0 Å². The van der Waals surface area contributed by atoms with Gasteiger partial charge in [0.15, 0.2) is 6.61 Å². The first-order chi connectivity index (χ1) is 15.8. The summed E-state index contributed by atoms with van der Waals surface area (Å²) in [6.45, 7) is 8.84. The van der Waals surface area contributed by atoms with E-state index in [2.05, 4.69) is 35.1 Å². The number of benzene rings is 2. The van der Waals surface area contributed by atoms with Gasteiger partial charge in [-0.15, -0.1) is 0 Å². The zero-order chi connectivity index (χ0) is 24.4. The second-order valence-electron chi connectivity index (χ2n) is 8.22. The normalized spacial score (nSPS) is 11.7. The van der Waals surface area contributed by atoms with Crippen LogP contribution < -0.4 is 14.8 Å². The second-order valence-corrected chi connectivity index (χ2v) is 9.08. The smallest absolute Gasteiger partial charge is 0.261 e. The molecule has 2 rings (SSSR count). The first-order valence-corrected chi connectivity index (χ1v) is 12.2. The topological polar surface area (TPSA) is 67.9 Å². The fraction of sp³-hybridized carbons (Fsp3) is 0.462. The number of nitrogens with one attached hydrogen (secondary N) is 1. The van der Waals surface area contributed by atoms with E-state index in [1.165, 1.54) is 5.56 Å². The molecule has 0 saturated carbocycles. The Morgan fingerprint density at radius 2 is 1.88 bits per heavy atom. The Kier molecular flexibility index (Phi) is 10.7. The number of halogens is 1. The number of rotatable bonds is 12. The first kappa shape index (κ1) is 26.7. The molecule has 2 aromatic carbocycles. The largest absolute Gasteiger partial charge is 0.497 e. The third kappa shape index (κ3) is 7.77. The van der Waals surface area contributed by atoms with E-state index in [-0.39, 0.29) is 25.0 Å². The molecule has 6 nitrogen and oxygen atoms in total. The number of carbonyl (C=O) groups is 2. The lowest BCUT2D eigenvalue weighted by atomic mass is 10.0. The van der Waals surface area contributed by atoms with Gasteiger partial charge in [-0.2, -0.15) is 0 Å². The summed E-state index contributed by atoms with van der Waals surface area (Å²) in [5.41, 5.74) is 2.06. The lowest BCUT2D eigenvalue weighted by Gasteiger charge is -2.30. The van der Waals surface area contributed by atoms with Crippen LogP contribution in [0.5, 0.6) is 11.5 Å². The van der Waals surface area contributed by atoms with E-state index in [9.17, 15) is 9.59 Å². The number of ether oxygens (including phenoxy) is 2. The third-order valence-corrected chi connectivity index (χ3v) is 6.02. The number of nitrogens with zero attached hydrogens (tertiary/aromatic N) is 1. The van der Waals surface area contributed by atoms with Crippen molar-refractivity contribution in [2.75, 3.05) is 20.3 Å². The standard InChI is InChI=1S/C26H35BrN2O4/c1-6-13-28-26(31)23(7-2)29(16-19-9-8-10-21(14-19)32-5)25(30)17-33-24-12-11-20(18(3)4)15-22(24)27/h8-12,14-15,18,23H,6-7,13,16-17H2,1-5H3,(H,28,31). The molecule has 33 heavy (non-hydrogen) atoms. The monoisotopic (exact) mass is 518 g/mol. The van der Waals surface area contributed by atoms with Crippen molar-refractivity contribution in [2.24, 2.45) is 0 Å². The summed E-state index contributed by atoms with van der Waals surface area (Å²) in [4.78, 5) is 27.8. The summed E-state index contributed by atoms with van der Waals surface area (Å²) >= 11 is 3.54. The van der Waals surface area contributed by atoms with Crippen molar-refractivity contribution < 1.29 is 19.1 Å². The molecule has 0 heterocycles. The minimum Gasteiger partial charge on any atom is -0.497 e. The van der Waals surface area contributed by atoms with E-state index >= 15 is 0 Å². The molecular formula is C26H35BrN2O4. The Hall–Kier alpha value is -2.54. The van der Waals surface area contributed by atoms with Gasteiger partial charge in [0.2, 0.25) is 5.91 Å². The average Bonchev–Trinajstić information content (AvgIpc) is 2.81. The molecule has 0 aliphatic heterocycles. The van der Waals surface area contributed by atoms with Crippen molar-refractivity contribution in [1.29, 1.82) is 0 Å². The highest BCUT2D eigenvalue weighted by molar-refractivity contribution is 9.10. The quantitative estimate of drug-likeness (QED) is 0.414. The lowest BCUT2D eigenvalue weighted by Crippen LogP contribution is -2.50. The molecule has 7 heteroatoms. The van der Waals surface area contributed by atoms with E-state index in [0.29, 0.717) is 30.4 Å². The summed E-state index contributed by atoms with van der Waals surface area (Å²) in [5, 5.41) is 2.92. The molecule has 0 radical (unpaired) electrons.